The van der Waals surface area contributed by atoms with Crippen LogP contribution in [0, 0.1) is 0 Å². The normalized spacial score (nSPS) is 9.85. The number of hydrogen-bond donors (Lipinski definition) is 1. The van der Waals surface area contributed by atoms with Gasteiger partial charge in [-0.15, -0.1) is 24.8 Å². The lowest BCUT2D eigenvalue weighted by molar-refractivity contribution is 0.535. The van der Waals surface area contributed by atoms with Gasteiger partial charge in [0, 0.05) is 6.20 Å². The third-order valence-electron chi connectivity index (χ3n) is 1.39. The van der Waals surface area contributed by atoms with Crippen molar-refractivity contribution in [3.05, 3.63) is 29.0 Å². The van der Waals surface area contributed by atoms with Crippen LogP contribution in [-0.2, 0) is 5.54 Å². The summed E-state index contributed by atoms with van der Waals surface area (Å²) in [6, 6.07) is 3.63. The standard InChI is InChI=1S/C8H11ClN2.2ClH/c1-8(2,10)7-4-3-6(9)5-11-7;;/h3-5H,10H2,1-2H3;2*1H. The first kappa shape index (κ1) is 15.5. The molecule has 0 aliphatic heterocycles. The Morgan fingerprint density at radius 1 is 1.31 bits per heavy atom. The molecule has 1 rings (SSSR count). The smallest absolute Gasteiger partial charge is 0.0597 e. The lowest BCUT2D eigenvalue weighted by atomic mass is 10.0. The summed E-state index contributed by atoms with van der Waals surface area (Å²) in [6.07, 6.45) is 1.60. The second kappa shape index (κ2) is 5.66. The molecule has 0 saturated carbocycles. The summed E-state index contributed by atoms with van der Waals surface area (Å²) in [6.45, 7) is 3.81. The molecule has 1 aromatic rings. The molecule has 0 spiro atoms. The Kier molecular flexibility index (Phi) is 6.72. The van der Waals surface area contributed by atoms with Crippen molar-refractivity contribution in [3.63, 3.8) is 0 Å². The molecule has 2 N–H and O–H groups in total. The van der Waals surface area contributed by atoms with Crippen LogP contribution in [0.3, 0.4) is 0 Å². The zero-order valence-corrected chi connectivity index (χ0v) is 9.84. The van der Waals surface area contributed by atoms with Gasteiger partial charge in [-0.1, -0.05) is 11.6 Å². The third kappa shape index (κ3) is 4.67. The first-order valence-corrected chi connectivity index (χ1v) is 3.79. The second-order valence-corrected chi connectivity index (χ2v) is 3.52. The van der Waals surface area contributed by atoms with E-state index in [4.69, 9.17) is 17.3 Å². The molecule has 0 atom stereocenters. The van der Waals surface area contributed by atoms with E-state index in [1.165, 1.54) is 0 Å². The maximum atomic E-state index is 5.80. The van der Waals surface area contributed by atoms with Gasteiger partial charge in [-0.3, -0.25) is 4.98 Å². The van der Waals surface area contributed by atoms with Crippen LogP contribution >= 0.6 is 36.4 Å². The van der Waals surface area contributed by atoms with Crippen LogP contribution in [0.5, 0.6) is 0 Å². The van der Waals surface area contributed by atoms with E-state index in [9.17, 15) is 0 Å². The van der Waals surface area contributed by atoms with Crippen LogP contribution in [-0.4, -0.2) is 4.98 Å². The van der Waals surface area contributed by atoms with Crippen LogP contribution < -0.4 is 5.73 Å². The monoisotopic (exact) mass is 242 g/mol. The summed E-state index contributed by atoms with van der Waals surface area (Å²) in [5.74, 6) is 0. The van der Waals surface area contributed by atoms with E-state index in [1.54, 1.807) is 12.3 Å². The summed E-state index contributed by atoms with van der Waals surface area (Å²) in [7, 11) is 0. The van der Waals surface area contributed by atoms with Crippen molar-refractivity contribution >= 4 is 36.4 Å². The van der Waals surface area contributed by atoms with Gasteiger partial charge in [0.05, 0.1) is 16.3 Å². The molecular formula is C8H13Cl3N2. The topological polar surface area (TPSA) is 38.9 Å². The lowest BCUT2D eigenvalue weighted by Gasteiger charge is -2.16. The Bertz CT molecular complexity index is 241. The molecule has 0 unspecified atom stereocenters. The zero-order valence-electron chi connectivity index (χ0n) is 7.45. The molecule has 0 aliphatic carbocycles. The van der Waals surface area contributed by atoms with Gasteiger partial charge in [-0.05, 0) is 26.0 Å². The molecule has 0 fully saturated rings. The molecule has 76 valence electrons. The number of hydrogen-bond acceptors (Lipinski definition) is 2. The molecule has 0 saturated heterocycles. The lowest BCUT2D eigenvalue weighted by Crippen LogP contribution is -2.29. The number of nitrogens with zero attached hydrogens (tertiary/aromatic N) is 1. The van der Waals surface area contributed by atoms with E-state index >= 15 is 0 Å². The summed E-state index contributed by atoms with van der Waals surface area (Å²) in [5.41, 5.74) is 6.27. The SMILES string of the molecule is CC(C)(N)c1ccc(Cl)cn1.Cl.Cl. The first-order valence-electron chi connectivity index (χ1n) is 3.41. The minimum absolute atomic E-state index is 0. The largest absolute Gasteiger partial charge is 0.321 e. The van der Waals surface area contributed by atoms with Crippen LogP contribution in [0.4, 0.5) is 0 Å². The summed E-state index contributed by atoms with van der Waals surface area (Å²) >= 11 is 5.66. The zero-order chi connectivity index (χ0) is 8.48. The van der Waals surface area contributed by atoms with Gasteiger partial charge in [0.1, 0.15) is 0 Å². The maximum absolute atomic E-state index is 5.80. The molecule has 1 aromatic heterocycles. The van der Waals surface area contributed by atoms with Crippen LogP contribution in [0.25, 0.3) is 0 Å². The molecule has 0 aliphatic rings. The van der Waals surface area contributed by atoms with Gasteiger partial charge in [0.2, 0.25) is 0 Å². The predicted molar refractivity (Wildman–Crippen MR) is 61.0 cm³/mol. The Hall–Kier alpha value is -0.0200. The molecule has 0 bridgehead atoms. The van der Waals surface area contributed by atoms with Crippen LogP contribution in [0.15, 0.2) is 18.3 Å². The van der Waals surface area contributed by atoms with E-state index in [0.29, 0.717) is 5.02 Å². The van der Waals surface area contributed by atoms with Gasteiger partial charge in [-0.25, -0.2) is 0 Å². The fourth-order valence-corrected chi connectivity index (χ4v) is 0.869. The predicted octanol–water partition coefficient (Wildman–Crippen LogP) is 2.77. The molecule has 0 aromatic carbocycles. The molecule has 0 radical (unpaired) electrons. The number of aromatic nitrogens is 1. The van der Waals surface area contributed by atoms with E-state index in [2.05, 4.69) is 4.98 Å². The number of rotatable bonds is 1. The van der Waals surface area contributed by atoms with Crippen molar-refractivity contribution in [1.82, 2.24) is 4.98 Å². The van der Waals surface area contributed by atoms with Crippen molar-refractivity contribution in [2.75, 3.05) is 0 Å². The van der Waals surface area contributed by atoms with E-state index < -0.39 is 0 Å². The highest BCUT2D eigenvalue weighted by atomic mass is 35.5. The molecule has 2 nitrogen and oxygen atoms in total. The van der Waals surface area contributed by atoms with Gasteiger partial charge in [0.25, 0.3) is 0 Å². The Labute approximate surface area is 95.7 Å². The summed E-state index contributed by atoms with van der Waals surface area (Å²) in [4.78, 5) is 4.09. The van der Waals surface area contributed by atoms with Crippen molar-refractivity contribution in [2.45, 2.75) is 19.4 Å². The summed E-state index contributed by atoms with van der Waals surface area (Å²) < 4.78 is 0. The Morgan fingerprint density at radius 2 is 1.85 bits per heavy atom. The van der Waals surface area contributed by atoms with Gasteiger partial charge >= 0.3 is 0 Å². The second-order valence-electron chi connectivity index (χ2n) is 3.08. The quantitative estimate of drug-likeness (QED) is 0.824. The average Bonchev–Trinajstić information content (AvgIpc) is 1.86. The molecular weight excluding hydrogens is 230 g/mol. The summed E-state index contributed by atoms with van der Waals surface area (Å²) in [5, 5.41) is 0.637. The number of nitrogens with two attached hydrogens (primary N) is 1. The minimum atomic E-state index is -0.384. The number of pyridine rings is 1. The molecule has 0 amide bonds. The van der Waals surface area contributed by atoms with E-state index in [-0.39, 0.29) is 30.4 Å². The fraction of sp³-hybridized carbons (Fsp3) is 0.375. The fourth-order valence-electron chi connectivity index (χ4n) is 0.757. The Morgan fingerprint density at radius 3 is 2.15 bits per heavy atom. The highest BCUT2D eigenvalue weighted by Crippen LogP contribution is 2.15. The maximum Gasteiger partial charge on any atom is 0.0597 e. The molecule has 5 heteroatoms. The van der Waals surface area contributed by atoms with Gasteiger partial charge in [0.15, 0.2) is 0 Å². The van der Waals surface area contributed by atoms with Gasteiger partial charge in [-0.2, -0.15) is 0 Å². The number of halogens is 3. The molecule has 1 heterocycles. The molecule has 13 heavy (non-hydrogen) atoms. The highest BCUT2D eigenvalue weighted by molar-refractivity contribution is 6.30. The third-order valence-corrected chi connectivity index (χ3v) is 1.61. The average molecular weight is 244 g/mol. The van der Waals surface area contributed by atoms with Crippen molar-refractivity contribution in [1.29, 1.82) is 0 Å². The van der Waals surface area contributed by atoms with E-state index in [1.807, 2.05) is 19.9 Å². The van der Waals surface area contributed by atoms with Gasteiger partial charge < -0.3 is 5.73 Å². The highest BCUT2D eigenvalue weighted by Gasteiger charge is 2.14. The van der Waals surface area contributed by atoms with E-state index in [0.717, 1.165) is 5.69 Å². The van der Waals surface area contributed by atoms with Crippen molar-refractivity contribution < 1.29 is 0 Å². The minimum Gasteiger partial charge on any atom is -0.321 e. The van der Waals surface area contributed by atoms with Crippen LogP contribution in [0.2, 0.25) is 5.02 Å². The first-order chi connectivity index (χ1) is 5.00. The Balaban J connectivity index is 0. The van der Waals surface area contributed by atoms with Crippen molar-refractivity contribution in [3.8, 4) is 0 Å². The van der Waals surface area contributed by atoms with Crippen LogP contribution in [0.1, 0.15) is 19.5 Å². The van der Waals surface area contributed by atoms with Crippen molar-refractivity contribution in [2.24, 2.45) is 5.73 Å².